The molecule has 0 radical (unpaired) electrons. The fraction of sp³-hybridized carbons (Fsp3) is 0.571. The van der Waals surface area contributed by atoms with Crippen LogP contribution in [0.5, 0.6) is 5.88 Å². The Labute approximate surface area is 129 Å². The van der Waals surface area contributed by atoms with Gasteiger partial charge in [-0.2, -0.15) is 4.98 Å². The highest BCUT2D eigenvalue weighted by molar-refractivity contribution is 7.71. The zero-order valence-electron chi connectivity index (χ0n) is 12.7. The first-order valence-corrected chi connectivity index (χ1v) is 7.51. The first-order valence-electron chi connectivity index (χ1n) is 7.11. The van der Waals surface area contributed by atoms with E-state index in [-0.39, 0.29) is 0 Å². The summed E-state index contributed by atoms with van der Waals surface area (Å²) in [5, 5.41) is 0. The maximum atomic E-state index is 5.46. The normalized spacial score (nSPS) is 21.0. The Morgan fingerprint density at radius 1 is 1.38 bits per heavy atom. The van der Waals surface area contributed by atoms with E-state index in [1.165, 1.54) is 0 Å². The van der Waals surface area contributed by atoms with Gasteiger partial charge >= 0.3 is 0 Å². The summed E-state index contributed by atoms with van der Waals surface area (Å²) >= 11 is 5.46. The number of H-pyrrole nitrogens is 1. The average Bonchev–Trinajstić information content (AvgIpc) is 2.78. The Morgan fingerprint density at radius 2 is 2.19 bits per heavy atom. The van der Waals surface area contributed by atoms with Crippen LogP contribution in [-0.2, 0) is 6.54 Å². The standard InChI is InChI=1S/C14H21N5OS/c1-17-6-7-18(2)10(8-17)9-19-13-11(15-14(19)21)4-5-12(16-13)20-3/h4-5,10H,6-9H2,1-3H3,(H,15,21). The lowest BCUT2D eigenvalue weighted by atomic mass is 10.2. The second-order valence-corrected chi connectivity index (χ2v) is 6.05. The molecular weight excluding hydrogens is 286 g/mol. The van der Waals surface area contributed by atoms with Gasteiger partial charge in [0.2, 0.25) is 5.88 Å². The molecule has 1 aliphatic rings. The van der Waals surface area contributed by atoms with E-state index < -0.39 is 0 Å². The van der Waals surface area contributed by atoms with Crippen LogP contribution >= 0.6 is 12.2 Å². The van der Waals surface area contributed by atoms with E-state index >= 15 is 0 Å². The molecule has 2 aromatic heterocycles. The molecule has 114 valence electrons. The molecule has 3 heterocycles. The summed E-state index contributed by atoms with van der Waals surface area (Å²) in [6.45, 7) is 4.06. The second-order valence-electron chi connectivity index (χ2n) is 5.66. The molecule has 3 rings (SSSR count). The van der Waals surface area contributed by atoms with Gasteiger partial charge in [-0.1, -0.05) is 0 Å². The number of hydrogen-bond donors (Lipinski definition) is 1. The Morgan fingerprint density at radius 3 is 2.95 bits per heavy atom. The fourth-order valence-electron chi connectivity index (χ4n) is 2.81. The van der Waals surface area contributed by atoms with Crippen molar-refractivity contribution in [1.82, 2.24) is 24.3 Å². The molecule has 1 atom stereocenters. The predicted molar refractivity (Wildman–Crippen MR) is 85.4 cm³/mol. The van der Waals surface area contributed by atoms with Crippen LogP contribution in [0.15, 0.2) is 12.1 Å². The van der Waals surface area contributed by atoms with Crippen molar-refractivity contribution >= 4 is 23.4 Å². The molecule has 0 amide bonds. The number of piperazine rings is 1. The number of ether oxygens (including phenoxy) is 1. The van der Waals surface area contributed by atoms with Crippen LogP contribution in [0.25, 0.3) is 11.2 Å². The van der Waals surface area contributed by atoms with Gasteiger partial charge in [-0.15, -0.1) is 0 Å². The van der Waals surface area contributed by atoms with Crippen LogP contribution in [-0.4, -0.2) is 71.2 Å². The van der Waals surface area contributed by atoms with Crippen LogP contribution in [0.4, 0.5) is 0 Å². The molecule has 2 aromatic rings. The highest BCUT2D eigenvalue weighted by Gasteiger charge is 2.23. The van der Waals surface area contributed by atoms with Crippen molar-refractivity contribution in [2.45, 2.75) is 12.6 Å². The number of imidazole rings is 1. The number of aromatic amines is 1. The van der Waals surface area contributed by atoms with Crippen molar-refractivity contribution < 1.29 is 4.74 Å². The minimum atomic E-state index is 0.433. The summed E-state index contributed by atoms with van der Waals surface area (Å²) < 4.78 is 8.02. The fourth-order valence-corrected chi connectivity index (χ4v) is 3.08. The van der Waals surface area contributed by atoms with Crippen LogP contribution in [0, 0.1) is 4.77 Å². The molecule has 1 aliphatic heterocycles. The van der Waals surface area contributed by atoms with Gasteiger partial charge in [0.25, 0.3) is 0 Å². The first-order chi connectivity index (χ1) is 10.1. The number of aromatic nitrogens is 3. The van der Waals surface area contributed by atoms with Gasteiger partial charge in [-0.3, -0.25) is 9.47 Å². The van der Waals surface area contributed by atoms with Crippen LogP contribution in [0.2, 0.25) is 0 Å². The lowest BCUT2D eigenvalue weighted by Gasteiger charge is -2.37. The van der Waals surface area contributed by atoms with Crippen molar-refractivity contribution in [3.05, 3.63) is 16.9 Å². The van der Waals surface area contributed by atoms with Gasteiger partial charge in [0.15, 0.2) is 10.4 Å². The number of nitrogens with one attached hydrogen (secondary N) is 1. The SMILES string of the molecule is COc1ccc2[nH]c(=S)n(CC3CN(C)CCN3C)c2n1. The molecule has 0 aromatic carbocycles. The summed E-state index contributed by atoms with van der Waals surface area (Å²) in [6, 6.07) is 4.24. The number of methoxy groups -OCH3 is 1. The van der Waals surface area contributed by atoms with E-state index in [4.69, 9.17) is 17.0 Å². The number of rotatable bonds is 3. The maximum absolute atomic E-state index is 5.46. The third kappa shape index (κ3) is 2.81. The van der Waals surface area contributed by atoms with Gasteiger partial charge in [-0.25, -0.2) is 0 Å². The molecule has 1 unspecified atom stereocenters. The first kappa shape index (κ1) is 14.5. The van der Waals surface area contributed by atoms with Gasteiger partial charge in [-0.05, 0) is 32.4 Å². The summed E-state index contributed by atoms with van der Waals surface area (Å²) in [4.78, 5) is 12.5. The number of hydrogen-bond acceptors (Lipinski definition) is 5. The summed E-state index contributed by atoms with van der Waals surface area (Å²) in [5.74, 6) is 0.611. The van der Waals surface area contributed by atoms with E-state index in [0.29, 0.717) is 16.7 Å². The zero-order valence-corrected chi connectivity index (χ0v) is 13.5. The van der Waals surface area contributed by atoms with Crippen LogP contribution < -0.4 is 4.74 Å². The van der Waals surface area contributed by atoms with E-state index in [9.17, 15) is 0 Å². The second kappa shape index (κ2) is 5.75. The number of nitrogens with zero attached hydrogens (tertiary/aromatic N) is 4. The quantitative estimate of drug-likeness (QED) is 0.868. The summed E-state index contributed by atoms with van der Waals surface area (Å²) in [7, 11) is 5.96. The summed E-state index contributed by atoms with van der Waals surface area (Å²) in [6.07, 6.45) is 0. The molecule has 0 saturated carbocycles. The van der Waals surface area contributed by atoms with Crippen molar-refractivity contribution in [3.8, 4) is 5.88 Å². The van der Waals surface area contributed by atoms with E-state index in [2.05, 4.69) is 38.4 Å². The Hall–Kier alpha value is -1.44. The highest BCUT2D eigenvalue weighted by atomic mass is 32.1. The van der Waals surface area contributed by atoms with Crippen molar-refractivity contribution in [3.63, 3.8) is 0 Å². The monoisotopic (exact) mass is 307 g/mol. The Kier molecular flexibility index (Phi) is 3.97. The minimum absolute atomic E-state index is 0.433. The molecule has 1 N–H and O–H groups in total. The van der Waals surface area contributed by atoms with Gasteiger partial charge in [0.05, 0.1) is 12.6 Å². The Balaban J connectivity index is 1.95. The largest absolute Gasteiger partial charge is 0.481 e. The van der Waals surface area contributed by atoms with Crippen molar-refractivity contribution in [2.24, 2.45) is 0 Å². The molecule has 1 fully saturated rings. The maximum Gasteiger partial charge on any atom is 0.215 e. The molecule has 7 heteroatoms. The molecule has 0 spiro atoms. The smallest absolute Gasteiger partial charge is 0.215 e. The molecule has 1 saturated heterocycles. The number of fused-ring (bicyclic) bond motifs is 1. The van der Waals surface area contributed by atoms with Gasteiger partial charge in [0, 0.05) is 38.3 Å². The number of pyridine rings is 1. The van der Waals surface area contributed by atoms with Gasteiger partial charge in [0.1, 0.15) is 0 Å². The Bertz CT molecular complexity index is 694. The number of likely N-dealkylation sites (N-methyl/N-ethyl adjacent to an activating group) is 2. The lowest BCUT2D eigenvalue weighted by molar-refractivity contribution is 0.103. The molecule has 6 nitrogen and oxygen atoms in total. The minimum Gasteiger partial charge on any atom is -0.481 e. The van der Waals surface area contributed by atoms with Gasteiger partial charge < -0.3 is 14.6 Å². The third-order valence-corrected chi connectivity index (χ3v) is 4.50. The molecule has 21 heavy (non-hydrogen) atoms. The average molecular weight is 307 g/mol. The van der Waals surface area contributed by atoms with E-state index in [0.717, 1.165) is 37.3 Å². The van der Waals surface area contributed by atoms with Crippen molar-refractivity contribution in [2.75, 3.05) is 40.8 Å². The topological polar surface area (TPSA) is 49.3 Å². The zero-order chi connectivity index (χ0) is 15.0. The van der Waals surface area contributed by atoms with Crippen molar-refractivity contribution in [1.29, 1.82) is 0 Å². The molecular formula is C14H21N5OS. The third-order valence-electron chi connectivity index (χ3n) is 4.17. The van der Waals surface area contributed by atoms with E-state index in [1.54, 1.807) is 7.11 Å². The van der Waals surface area contributed by atoms with Crippen LogP contribution in [0.1, 0.15) is 0 Å². The van der Waals surface area contributed by atoms with Crippen LogP contribution in [0.3, 0.4) is 0 Å². The molecule has 0 aliphatic carbocycles. The summed E-state index contributed by atoms with van der Waals surface area (Å²) in [5.41, 5.74) is 1.81. The van der Waals surface area contributed by atoms with E-state index in [1.807, 2.05) is 12.1 Å². The highest BCUT2D eigenvalue weighted by Crippen LogP contribution is 2.18. The predicted octanol–water partition coefficient (Wildman–Crippen LogP) is 1.35. The molecule has 0 bridgehead atoms. The lowest BCUT2D eigenvalue weighted by Crippen LogP contribution is -2.51.